The fourth-order valence-electron chi connectivity index (χ4n) is 3.59. The number of rotatable bonds is 6. The Balaban J connectivity index is 1.68. The predicted octanol–water partition coefficient (Wildman–Crippen LogP) is 5.40. The molecule has 1 aliphatic carbocycles. The van der Waals surface area contributed by atoms with Crippen molar-refractivity contribution in [2.24, 2.45) is 5.92 Å². The van der Waals surface area contributed by atoms with Crippen LogP contribution < -0.4 is 5.43 Å². The highest BCUT2D eigenvalue weighted by Gasteiger charge is 2.24. The summed E-state index contributed by atoms with van der Waals surface area (Å²) in [6.45, 7) is 6.63. The summed E-state index contributed by atoms with van der Waals surface area (Å²) in [7, 11) is 0. The lowest BCUT2D eigenvalue weighted by Crippen LogP contribution is -2.19. The number of hydrogen-bond acceptors (Lipinski definition) is 5. The first-order valence-electron chi connectivity index (χ1n) is 9.55. The van der Waals surface area contributed by atoms with E-state index in [1.54, 1.807) is 41.7 Å². The van der Waals surface area contributed by atoms with Gasteiger partial charge in [-0.3, -0.25) is 9.59 Å². The highest BCUT2D eigenvalue weighted by molar-refractivity contribution is 7.99. The molecule has 4 nitrogen and oxygen atoms in total. The van der Waals surface area contributed by atoms with Crippen molar-refractivity contribution >= 4 is 50.8 Å². The number of aromatic nitrogens is 2. The Bertz CT molecular complexity index is 1150. The van der Waals surface area contributed by atoms with Crippen LogP contribution in [0.2, 0.25) is 5.02 Å². The SMILES string of the molecule is C=CCn1c(SCC(=O)c2ccc(Cl)cc2)nc2c(=O)c3c(sc21)CC(C)CC3. The smallest absolute Gasteiger partial charge is 0.211 e. The Morgan fingerprint density at radius 3 is 2.90 bits per heavy atom. The topological polar surface area (TPSA) is 52.0 Å². The molecule has 0 radical (unpaired) electrons. The number of halogens is 1. The van der Waals surface area contributed by atoms with E-state index >= 15 is 0 Å². The third-order valence-corrected chi connectivity index (χ3v) is 7.66. The number of fused-ring (bicyclic) bond motifs is 2. The maximum atomic E-state index is 13.1. The number of benzene rings is 1. The molecule has 0 saturated carbocycles. The van der Waals surface area contributed by atoms with Crippen molar-refractivity contribution in [1.82, 2.24) is 9.55 Å². The van der Waals surface area contributed by atoms with E-state index in [0.717, 1.165) is 29.7 Å². The molecule has 2 heterocycles. The maximum Gasteiger partial charge on any atom is 0.211 e. The standard InChI is InChI=1S/C22H21ClN2O2S2/c1-3-10-25-21-19(20(27)16-9-4-13(2)11-18(16)29-21)24-22(25)28-12-17(26)14-5-7-15(23)8-6-14/h3,5-8,13H,1,4,9-12H2,2H3. The molecule has 0 aliphatic heterocycles. The first-order chi connectivity index (χ1) is 14.0. The van der Waals surface area contributed by atoms with E-state index in [4.69, 9.17) is 11.6 Å². The van der Waals surface area contributed by atoms with Crippen LogP contribution in [0.3, 0.4) is 0 Å². The van der Waals surface area contributed by atoms with E-state index in [9.17, 15) is 9.59 Å². The molecule has 0 fully saturated rings. The third kappa shape index (κ3) is 4.06. The summed E-state index contributed by atoms with van der Waals surface area (Å²) >= 11 is 8.93. The molecule has 3 aromatic rings. The summed E-state index contributed by atoms with van der Waals surface area (Å²) in [5.74, 6) is 0.845. The van der Waals surface area contributed by atoms with Gasteiger partial charge >= 0.3 is 0 Å². The molecular formula is C22H21ClN2O2S2. The highest BCUT2D eigenvalue weighted by atomic mass is 35.5. The van der Waals surface area contributed by atoms with Gasteiger partial charge in [0.25, 0.3) is 0 Å². The van der Waals surface area contributed by atoms with Gasteiger partial charge in [0, 0.05) is 27.6 Å². The fourth-order valence-corrected chi connectivity index (χ4v) is 6.11. The molecule has 2 aromatic heterocycles. The lowest BCUT2D eigenvalue weighted by Gasteiger charge is -2.19. The molecule has 1 aliphatic rings. The molecular weight excluding hydrogens is 424 g/mol. The summed E-state index contributed by atoms with van der Waals surface area (Å²) in [6.07, 6.45) is 4.62. The van der Waals surface area contributed by atoms with Crippen LogP contribution in [-0.4, -0.2) is 21.1 Å². The number of hydrogen-bond donors (Lipinski definition) is 0. The molecule has 0 spiro atoms. The predicted molar refractivity (Wildman–Crippen MR) is 122 cm³/mol. The van der Waals surface area contributed by atoms with Crippen LogP contribution in [0, 0.1) is 5.92 Å². The Morgan fingerprint density at radius 1 is 1.41 bits per heavy atom. The highest BCUT2D eigenvalue weighted by Crippen LogP contribution is 2.33. The Hall–Kier alpha value is -1.89. The van der Waals surface area contributed by atoms with Crippen molar-refractivity contribution in [1.29, 1.82) is 0 Å². The van der Waals surface area contributed by atoms with Gasteiger partial charge in [-0.25, -0.2) is 4.98 Å². The van der Waals surface area contributed by atoms with Crippen LogP contribution in [-0.2, 0) is 19.4 Å². The molecule has 0 saturated heterocycles. The van der Waals surface area contributed by atoms with Gasteiger partial charge in [-0.2, -0.15) is 0 Å². The van der Waals surface area contributed by atoms with Crippen LogP contribution in [0.4, 0.5) is 0 Å². The molecule has 0 N–H and O–H groups in total. The van der Waals surface area contributed by atoms with Gasteiger partial charge in [-0.1, -0.05) is 36.4 Å². The molecule has 0 amide bonds. The van der Waals surface area contributed by atoms with Gasteiger partial charge in [-0.05, 0) is 49.4 Å². The summed E-state index contributed by atoms with van der Waals surface area (Å²) in [6, 6.07) is 6.88. The summed E-state index contributed by atoms with van der Waals surface area (Å²) in [4.78, 5) is 32.3. The number of carbonyl (C=O) groups excluding carboxylic acids is 1. The van der Waals surface area contributed by atoms with Crippen LogP contribution in [0.5, 0.6) is 0 Å². The Morgan fingerprint density at radius 2 is 2.17 bits per heavy atom. The van der Waals surface area contributed by atoms with Crippen LogP contribution in [0.15, 0.2) is 46.9 Å². The lowest BCUT2D eigenvalue weighted by atomic mass is 9.90. The summed E-state index contributed by atoms with van der Waals surface area (Å²) in [5.41, 5.74) is 2.11. The minimum Gasteiger partial charge on any atom is -0.307 e. The molecule has 4 rings (SSSR count). The minimum atomic E-state index is 0.00279. The summed E-state index contributed by atoms with van der Waals surface area (Å²) < 4.78 is 2.01. The van der Waals surface area contributed by atoms with Crippen molar-refractivity contribution in [2.45, 2.75) is 37.9 Å². The second kappa shape index (κ2) is 8.46. The number of thioether (sulfide) groups is 1. The van der Waals surface area contributed by atoms with Crippen molar-refractivity contribution < 1.29 is 4.79 Å². The van der Waals surface area contributed by atoms with Gasteiger partial charge in [0.05, 0.1) is 5.75 Å². The van der Waals surface area contributed by atoms with E-state index < -0.39 is 0 Å². The number of carbonyl (C=O) groups is 1. The van der Waals surface area contributed by atoms with E-state index in [1.807, 2.05) is 4.57 Å². The van der Waals surface area contributed by atoms with Gasteiger partial charge in [0.1, 0.15) is 10.3 Å². The average molecular weight is 445 g/mol. The van der Waals surface area contributed by atoms with Gasteiger partial charge in [0.2, 0.25) is 5.43 Å². The van der Waals surface area contributed by atoms with Gasteiger partial charge in [-0.15, -0.1) is 17.9 Å². The average Bonchev–Trinajstić information content (AvgIpc) is 3.05. The second-order valence-corrected chi connectivity index (χ2v) is 9.81. The number of nitrogens with zero attached hydrogens (tertiary/aromatic N) is 2. The maximum absolute atomic E-state index is 13.1. The van der Waals surface area contributed by atoms with Crippen molar-refractivity contribution in [2.75, 3.05) is 5.75 Å². The largest absolute Gasteiger partial charge is 0.307 e. The van der Waals surface area contributed by atoms with Crippen LogP contribution >= 0.6 is 34.7 Å². The number of allylic oxidation sites excluding steroid dienone is 1. The van der Waals surface area contributed by atoms with Gasteiger partial charge < -0.3 is 4.57 Å². The zero-order chi connectivity index (χ0) is 20.5. The van der Waals surface area contributed by atoms with E-state index in [1.165, 1.54) is 16.6 Å². The second-order valence-electron chi connectivity index (χ2n) is 7.35. The first kappa shape index (κ1) is 20.4. The number of imidazole rings is 1. The molecule has 0 bridgehead atoms. The Labute approximate surface area is 182 Å². The molecule has 150 valence electrons. The zero-order valence-electron chi connectivity index (χ0n) is 16.1. The molecule has 1 aromatic carbocycles. The van der Waals surface area contributed by atoms with Gasteiger partial charge in [0.15, 0.2) is 10.9 Å². The fraction of sp³-hybridized carbons (Fsp3) is 0.318. The zero-order valence-corrected chi connectivity index (χ0v) is 18.5. The van der Waals surface area contributed by atoms with Crippen LogP contribution in [0.25, 0.3) is 10.3 Å². The van der Waals surface area contributed by atoms with E-state index in [0.29, 0.717) is 33.7 Å². The van der Waals surface area contributed by atoms with E-state index in [-0.39, 0.29) is 17.0 Å². The molecule has 1 unspecified atom stereocenters. The number of ketones is 1. The molecule has 1 atom stereocenters. The molecule has 29 heavy (non-hydrogen) atoms. The monoisotopic (exact) mass is 444 g/mol. The first-order valence-corrected chi connectivity index (χ1v) is 11.7. The normalized spacial score (nSPS) is 16.0. The van der Waals surface area contributed by atoms with Crippen LogP contribution in [0.1, 0.15) is 34.1 Å². The molecule has 7 heteroatoms. The number of Topliss-reactive ketones (excluding diaryl/α,β-unsaturated/α-hetero) is 1. The minimum absolute atomic E-state index is 0.00279. The van der Waals surface area contributed by atoms with E-state index in [2.05, 4.69) is 18.5 Å². The van der Waals surface area contributed by atoms with Crippen molar-refractivity contribution in [3.63, 3.8) is 0 Å². The quantitative estimate of drug-likeness (QED) is 0.290. The third-order valence-electron chi connectivity index (χ3n) is 5.16. The van der Waals surface area contributed by atoms with Crippen molar-refractivity contribution in [3.8, 4) is 0 Å². The lowest BCUT2D eigenvalue weighted by molar-refractivity contribution is 0.102. The Kier molecular flexibility index (Phi) is 5.95. The summed E-state index contributed by atoms with van der Waals surface area (Å²) in [5, 5.41) is 1.29. The van der Waals surface area contributed by atoms with Crippen molar-refractivity contribution in [3.05, 3.63) is 68.2 Å².